The molecule has 36 heavy (non-hydrogen) atoms. The summed E-state index contributed by atoms with van der Waals surface area (Å²) in [5.41, 5.74) is 0.190. The highest BCUT2D eigenvalue weighted by Crippen LogP contribution is 2.37. The SMILES string of the molecule is COc1ccc(C(=O)Oc2c(Cl)cc(/C=C(\C#N)C(=O)Nc3cccc([N+](=O)[O-])c3)cc2OC)cc1. The Bertz CT molecular complexity index is 1400. The van der Waals surface area contributed by atoms with Gasteiger partial charge in [0.2, 0.25) is 0 Å². The van der Waals surface area contributed by atoms with Crippen LogP contribution in [0.25, 0.3) is 6.08 Å². The summed E-state index contributed by atoms with van der Waals surface area (Å²) in [6.45, 7) is 0. The standard InChI is InChI=1S/C25H18ClN3O7/c1-34-20-8-6-16(7-9-20)25(31)36-23-21(26)11-15(12-22(23)35-2)10-17(14-27)24(30)28-18-4-3-5-19(13-18)29(32)33/h3-13H,1-2H3,(H,28,30)/b17-10+. The molecule has 3 rings (SSSR count). The van der Waals surface area contributed by atoms with Gasteiger partial charge in [0.05, 0.1) is 29.7 Å². The van der Waals surface area contributed by atoms with Crippen LogP contribution in [0.5, 0.6) is 17.2 Å². The second kappa shape index (κ2) is 11.5. The van der Waals surface area contributed by atoms with Gasteiger partial charge < -0.3 is 19.5 Å². The first-order valence-electron chi connectivity index (χ1n) is 10.2. The number of amides is 1. The van der Waals surface area contributed by atoms with Gasteiger partial charge in [0, 0.05) is 17.8 Å². The van der Waals surface area contributed by atoms with Gasteiger partial charge in [0.15, 0.2) is 11.5 Å². The topological polar surface area (TPSA) is 141 Å². The normalized spacial score (nSPS) is 10.7. The molecule has 0 radical (unpaired) electrons. The summed E-state index contributed by atoms with van der Waals surface area (Å²) in [6, 6.07) is 16.1. The van der Waals surface area contributed by atoms with E-state index in [1.54, 1.807) is 18.2 Å². The van der Waals surface area contributed by atoms with Gasteiger partial charge in [-0.1, -0.05) is 17.7 Å². The van der Waals surface area contributed by atoms with E-state index in [0.29, 0.717) is 11.3 Å². The summed E-state index contributed by atoms with van der Waals surface area (Å²) in [6.07, 6.45) is 1.25. The van der Waals surface area contributed by atoms with Crippen LogP contribution in [0.2, 0.25) is 5.02 Å². The minimum Gasteiger partial charge on any atom is -0.497 e. The zero-order valence-corrected chi connectivity index (χ0v) is 19.7. The van der Waals surface area contributed by atoms with E-state index < -0.39 is 16.8 Å². The molecule has 0 atom stereocenters. The van der Waals surface area contributed by atoms with E-state index in [1.807, 2.05) is 0 Å². The van der Waals surface area contributed by atoms with Crippen molar-refractivity contribution < 1.29 is 28.7 Å². The van der Waals surface area contributed by atoms with Crippen molar-refractivity contribution in [3.63, 3.8) is 0 Å². The van der Waals surface area contributed by atoms with Crippen molar-refractivity contribution in [1.29, 1.82) is 5.26 Å². The summed E-state index contributed by atoms with van der Waals surface area (Å²) < 4.78 is 15.8. The summed E-state index contributed by atoms with van der Waals surface area (Å²) in [5, 5.41) is 22.9. The van der Waals surface area contributed by atoms with E-state index in [9.17, 15) is 25.0 Å². The highest BCUT2D eigenvalue weighted by Gasteiger charge is 2.18. The van der Waals surface area contributed by atoms with Crippen molar-refractivity contribution in [3.8, 4) is 23.3 Å². The third-order valence-corrected chi connectivity index (χ3v) is 5.04. The predicted octanol–water partition coefficient (Wildman–Crippen LogP) is 5.03. The van der Waals surface area contributed by atoms with Gasteiger partial charge in [-0.25, -0.2) is 4.79 Å². The number of nitrogens with zero attached hydrogens (tertiary/aromatic N) is 2. The van der Waals surface area contributed by atoms with Crippen molar-refractivity contribution in [1.82, 2.24) is 0 Å². The Labute approximate surface area is 210 Å². The number of methoxy groups -OCH3 is 2. The minimum atomic E-state index is -0.789. The molecule has 0 aliphatic carbocycles. The molecule has 0 aliphatic rings. The van der Waals surface area contributed by atoms with E-state index in [1.165, 1.54) is 68.8 Å². The van der Waals surface area contributed by atoms with E-state index >= 15 is 0 Å². The number of hydrogen-bond donors (Lipinski definition) is 1. The minimum absolute atomic E-state index is 0.00107. The summed E-state index contributed by atoms with van der Waals surface area (Å²) in [5.74, 6) is -0.858. The highest BCUT2D eigenvalue weighted by molar-refractivity contribution is 6.32. The first kappa shape index (κ1) is 25.7. The van der Waals surface area contributed by atoms with Crippen LogP contribution in [-0.4, -0.2) is 31.0 Å². The first-order valence-corrected chi connectivity index (χ1v) is 10.5. The summed E-state index contributed by atoms with van der Waals surface area (Å²) in [7, 11) is 2.84. The Morgan fingerprint density at radius 1 is 1.08 bits per heavy atom. The van der Waals surface area contributed by atoms with Crippen molar-refractivity contribution in [2.45, 2.75) is 0 Å². The second-order valence-corrected chi connectivity index (χ2v) is 7.49. The molecule has 3 aromatic rings. The molecule has 1 amide bonds. The van der Waals surface area contributed by atoms with Gasteiger partial charge in [-0.15, -0.1) is 0 Å². The van der Waals surface area contributed by atoms with Crippen molar-refractivity contribution >= 4 is 40.9 Å². The Kier molecular flexibility index (Phi) is 8.22. The number of nitrogens with one attached hydrogen (secondary N) is 1. The third kappa shape index (κ3) is 6.16. The molecule has 3 aromatic carbocycles. The lowest BCUT2D eigenvalue weighted by atomic mass is 10.1. The van der Waals surface area contributed by atoms with Crippen LogP contribution in [-0.2, 0) is 4.79 Å². The predicted molar refractivity (Wildman–Crippen MR) is 131 cm³/mol. The zero-order chi connectivity index (χ0) is 26.2. The molecule has 0 aliphatic heterocycles. The molecular weight excluding hydrogens is 490 g/mol. The fourth-order valence-electron chi connectivity index (χ4n) is 3.01. The van der Waals surface area contributed by atoms with Crippen LogP contribution in [0.1, 0.15) is 15.9 Å². The van der Waals surface area contributed by atoms with Crippen molar-refractivity contribution in [2.24, 2.45) is 0 Å². The van der Waals surface area contributed by atoms with Crippen molar-refractivity contribution in [2.75, 3.05) is 19.5 Å². The molecule has 0 unspecified atom stereocenters. The van der Waals surface area contributed by atoms with Crippen LogP contribution in [0.3, 0.4) is 0 Å². The largest absolute Gasteiger partial charge is 0.497 e. The Morgan fingerprint density at radius 3 is 2.42 bits per heavy atom. The number of nitro groups is 1. The number of ether oxygens (including phenoxy) is 3. The molecule has 0 fully saturated rings. The van der Waals surface area contributed by atoms with E-state index in [-0.39, 0.29) is 39.0 Å². The van der Waals surface area contributed by atoms with E-state index in [2.05, 4.69) is 5.32 Å². The molecule has 0 saturated heterocycles. The average molecular weight is 508 g/mol. The molecule has 10 nitrogen and oxygen atoms in total. The number of esters is 1. The maximum absolute atomic E-state index is 12.6. The van der Waals surface area contributed by atoms with Gasteiger partial charge in [-0.3, -0.25) is 14.9 Å². The molecule has 1 N–H and O–H groups in total. The number of benzene rings is 3. The molecule has 0 bridgehead atoms. The third-order valence-electron chi connectivity index (χ3n) is 4.76. The Morgan fingerprint density at radius 2 is 1.81 bits per heavy atom. The lowest BCUT2D eigenvalue weighted by Gasteiger charge is -2.12. The molecule has 182 valence electrons. The van der Waals surface area contributed by atoms with Crippen LogP contribution >= 0.6 is 11.6 Å². The van der Waals surface area contributed by atoms with Gasteiger partial charge in [0.25, 0.3) is 11.6 Å². The number of halogens is 1. The number of anilines is 1. The maximum Gasteiger partial charge on any atom is 0.343 e. The molecule has 0 aromatic heterocycles. The summed E-state index contributed by atoms with van der Waals surface area (Å²) >= 11 is 6.32. The van der Waals surface area contributed by atoms with Crippen LogP contribution in [0.4, 0.5) is 11.4 Å². The van der Waals surface area contributed by atoms with Gasteiger partial charge in [-0.2, -0.15) is 5.26 Å². The van der Waals surface area contributed by atoms with Crippen LogP contribution in [0.15, 0.2) is 66.2 Å². The summed E-state index contributed by atoms with van der Waals surface area (Å²) in [4.78, 5) is 35.4. The molecular formula is C25H18ClN3O7. The smallest absolute Gasteiger partial charge is 0.343 e. The highest BCUT2D eigenvalue weighted by atomic mass is 35.5. The number of non-ortho nitro benzene ring substituents is 1. The lowest BCUT2D eigenvalue weighted by molar-refractivity contribution is -0.384. The van der Waals surface area contributed by atoms with Gasteiger partial charge in [0.1, 0.15) is 17.4 Å². The average Bonchev–Trinajstić information content (AvgIpc) is 2.88. The number of carbonyl (C=O) groups is 2. The number of carbonyl (C=O) groups excluding carboxylic acids is 2. The monoisotopic (exact) mass is 507 g/mol. The molecule has 0 spiro atoms. The quantitative estimate of drug-likeness (QED) is 0.112. The number of rotatable bonds is 8. The van der Waals surface area contributed by atoms with Gasteiger partial charge in [-0.05, 0) is 54.1 Å². The fraction of sp³-hybridized carbons (Fsp3) is 0.0800. The molecule has 11 heteroatoms. The Balaban J connectivity index is 1.84. The van der Waals surface area contributed by atoms with Gasteiger partial charge >= 0.3 is 5.97 Å². The second-order valence-electron chi connectivity index (χ2n) is 7.08. The lowest BCUT2D eigenvalue weighted by Crippen LogP contribution is -2.13. The van der Waals surface area contributed by atoms with Crippen molar-refractivity contribution in [3.05, 3.63) is 92.5 Å². The first-order chi connectivity index (χ1) is 17.2. The van der Waals surface area contributed by atoms with E-state index in [0.717, 1.165) is 0 Å². The maximum atomic E-state index is 12.6. The van der Waals surface area contributed by atoms with E-state index in [4.69, 9.17) is 25.8 Å². The molecule has 0 heterocycles. The number of hydrogen-bond acceptors (Lipinski definition) is 8. The fourth-order valence-corrected chi connectivity index (χ4v) is 3.27. The Hall–Kier alpha value is -4.88. The number of nitriles is 1. The molecule has 0 saturated carbocycles. The van der Waals surface area contributed by atoms with Crippen LogP contribution < -0.4 is 19.5 Å². The van der Waals surface area contributed by atoms with Crippen LogP contribution in [0, 0.1) is 21.4 Å². The number of nitro benzene ring substituents is 1. The zero-order valence-electron chi connectivity index (χ0n) is 19.0.